The Labute approximate surface area is 230 Å². The fourth-order valence-electron chi connectivity index (χ4n) is 4.25. The maximum atomic E-state index is 12.8. The summed E-state index contributed by atoms with van der Waals surface area (Å²) >= 11 is 0. The molecule has 3 aromatic heterocycles. The van der Waals surface area contributed by atoms with E-state index < -0.39 is 6.98 Å². The number of aryl methyl sites for hydroxylation is 1. The van der Waals surface area contributed by atoms with Crippen LogP contribution in [0.15, 0.2) is 49.2 Å². The van der Waals surface area contributed by atoms with Crippen LogP contribution in [0.2, 0.25) is 0 Å². The van der Waals surface area contributed by atoms with E-state index in [9.17, 15) is 4.79 Å². The fourth-order valence-corrected chi connectivity index (χ4v) is 4.25. The number of rotatable bonds is 10. The maximum absolute atomic E-state index is 12.8. The molecule has 4 aromatic rings. The summed E-state index contributed by atoms with van der Waals surface area (Å²) in [5.74, 6) is 2.09. The molecule has 12 heteroatoms. The minimum Gasteiger partial charge on any atom is -0.494 e. The fraction of sp³-hybridized carbons (Fsp3) is 0.333. The van der Waals surface area contributed by atoms with Crippen molar-refractivity contribution in [3.63, 3.8) is 0 Å². The van der Waals surface area contributed by atoms with E-state index >= 15 is 0 Å². The lowest BCUT2D eigenvalue weighted by atomic mass is 10.1. The van der Waals surface area contributed by atoms with Gasteiger partial charge in [-0.15, -0.1) is 0 Å². The van der Waals surface area contributed by atoms with Crippen molar-refractivity contribution in [3.8, 4) is 23.0 Å². The number of aromatic nitrogens is 6. The van der Waals surface area contributed by atoms with Gasteiger partial charge < -0.3 is 25.0 Å². The number of benzene rings is 1. The Morgan fingerprint density at radius 2 is 2.00 bits per heavy atom. The van der Waals surface area contributed by atoms with Crippen molar-refractivity contribution < 1.29 is 18.4 Å². The molecule has 0 radical (unpaired) electrons. The predicted octanol–water partition coefficient (Wildman–Crippen LogP) is 3.84. The van der Waals surface area contributed by atoms with Crippen LogP contribution in [-0.2, 0) is 7.05 Å². The molecule has 0 bridgehead atoms. The average molecular weight is 533 g/mol. The van der Waals surface area contributed by atoms with Gasteiger partial charge in [0.15, 0.2) is 17.4 Å². The van der Waals surface area contributed by atoms with E-state index in [1.165, 1.54) is 23.5 Å². The summed E-state index contributed by atoms with van der Waals surface area (Å²) < 4.78 is 35.8. The summed E-state index contributed by atoms with van der Waals surface area (Å²) in [6, 6.07) is 7.26. The van der Waals surface area contributed by atoms with Gasteiger partial charge in [-0.25, -0.2) is 19.9 Å². The number of nitrogens with one attached hydrogen (secondary N) is 2. The zero-order valence-corrected chi connectivity index (χ0v) is 21.9. The number of pyridine rings is 1. The van der Waals surface area contributed by atoms with E-state index in [4.69, 9.17) is 13.6 Å². The molecule has 39 heavy (non-hydrogen) atoms. The maximum Gasteiger partial charge on any atom is 0.232 e. The highest BCUT2D eigenvalue weighted by Gasteiger charge is 2.22. The second kappa shape index (κ2) is 11.4. The van der Waals surface area contributed by atoms with Gasteiger partial charge in [-0.3, -0.25) is 9.48 Å². The largest absolute Gasteiger partial charge is 0.494 e. The number of Topliss-reactive ketones (excluding diaryl/α,β-unsaturated/α-hetero) is 1. The van der Waals surface area contributed by atoms with Crippen molar-refractivity contribution in [1.82, 2.24) is 34.6 Å². The highest BCUT2D eigenvalue weighted by molar-refractivity contribution is 6.02. The Morgan fingerprint density at radius 3 is 2.69 bits per heavy atom. The van der Waals surface area contributed by atoms with Gasteiger partial charge in [0, 0.05) is 42.9 Å². The van der Waals surface area contributed by atoms with Crippen LogP contribution in [0.3, 0.4) is 0 Å². The summed E-state index contributed by atoms with van der Waals surface area (Å²) in [7, 11) is 3.35. The summed E-state index contributed by atoms with van der Waals surface area (Å²) in [6.45, 7) is 0.382. The number of likely N-dealkylation sites (N-methyl/N-ethyl adjacent to an activating group) is 1. The molecule has 1 fully saturated rings. The van der Waals surface area contributed by atoms with Crippen LogP contribution in [0.25, 0.3) is 11.4 Å². The molecule has 1 atom stereocenters. The number of carbonyl (C=O) groups excluding carboxylic acids is 1. The monoisotopic (exact) mass is 532 g/mol. The number of anilines is 4. The topological polar surface area (TPSA) is 132 Å². The van der Waals surface area contributed by atoms with Crippen molar-refractivity contribution in [1.29, 1.82) is 0 Å². The molecule has 2 N–H and O–H groups in total. The van der Waals surface area contributed by atoms with Crippen LogP contribution in [-0.4, -0.2) is 73.7 Å². The van der Waals surface area contributed by atoms with Crippen LogP contribution >= 0.6 is 0 Å². The minimum atomic E-state index is -2.14. The lowest BCUT2D eigenvalue weighted by Gasteiger charge is -2.17. The number of likely N-dealkylation sites (tertiary alicyclic amines) is 1. The van der Waals surface area contributed by atoms with E-state index in [0.29, 0.717) is 77.5 Å². The number of methoxy groups -OCH3 is 1. The van der Waals surface area contributed by atoms with Crippen molar-refractivity contribution in [3.05, 3.63) is 54.7 Å². The number of hydrogen-bond acceptors (Lipinski definition) is 11. The van der Waals surface area contributed by atoms with Gasteiger partial charge in [0.25, 0.3) is 0 Å². The minimum absolute atomic E-state index is 0.0803. The molecule has 4 heterocycles. The average Bonchev–Trinajstić information content (AvgIpc) is 3.63. The van der Waals surface area contributed by atoms with Gasteiger partial charge >= 0.3 is 0 Å². The summed E-state index contributed by atoms with van der Waals surface area (Å²) in [5.41, 5.74) is 2.26. The van der Waals surface area contributed by atoms with E-state index in [2.05, 4.69) is 35.7 Å². The van der Waals surface area contributed by atoms with Crippen molar-refractivity contribution in [2.45, 2.75) is 25.9 Å². The second-order valence-electron chi connectivity index (χ2n) is 8.98. The van der Waals surface area contributed by atoms with Crippen LogP contribution in [0.5, 0.6) is 11.6 Å². The highest BCUT2D eigenvalue weighted by Crippen LogP contribution is 2.37. The van der Waals surface area contributed by atoms with E-state index in [0.717, 1.165) is 0 Å². The first-order valence-corrected chi connectivity index (χ1v) is 12.5. The molecule has 1 aromatic carbocycles. The zero-order valence-electron chi connectivity index (χ0n) is 24.9. The Kier molecular flexibility index (Phi) is 6.57. The molecule has 1 saturated heterocycles. The molecule has 0 saturated carbocycles. The van der Waals surface area contributed by atoms with Gasteiger partial charge in [0.1, 0.15) is 24.1 Å². The van der Waals surface area contributed by atoms with Gasteiger partial charge in [0.2, 0.25) is 5.88 Å². The van der Waals surface area contributed by atoms with Gasteiger partial charge in [-0.2, -0.15) is 5.10 Å². The van der Waals surface area contributed by atoms with Gasteiger partial charge in [-0.05, 0) is 25.5 Å². The smallest absolute Gasteiger partial charge is 0.232 e. The number of carbonyl (C=O) groups is 1. The molecule has 0 spiro atoms. The number of para-hydroxylation sites is 1. The molecule has 1 aliphatic rings. The molecule has 5 rings (SSSR count). The Morgan fingerprint density at radius 1 is 1.13 bits per heavy atom. The number of nitrogens with zero attached hydrogens (tertiary/aromatic N) is 7. The third-order valence-electron chi connectivity index (χ3n) is 6.17. The summed E-state index contributed by atoms with van der Waals surface area (Å²) in [4.78, 5) is 31.6. The molecule has 12 nitrogen and oxygen atoms in total. The lowest BCUT2D eigenvalue weighted by Crippen LogP contribution is -2.21. The number of ether oxygens (including phenoxy) is 2. The first kappa shape index (κ1) is 22.4. The zero-order chi connectivity index (χ0) is 29.9. The third-order valence-corrected chi connectivity index (χ3v) is 6.17. The number of hydrogen-bond donors (Lipinski definition) is 2. The molecule has 202 valence electrons. The molecule has 0 unspecified atom stereocenters. The molecular formula is C27H31N9O3. The van der Waals surface area contributed by atoms with Crippen molar-refractivity contribution in [2.24, 2.45) is 7.05 Å². The first-order chi connectivity index (χ1) is 20.1. The van der Waals surface area contributed by atoms with Crippen LogP contribution in [0.1, 0.15) is 34.2 Å². The van der Waals surface area contributed by atoms with Gasteiger partial charge in [0.05, 0.1) is 42.0 Å². The van der Waals surface area contributed by atoms with Crippen molar-refractivity contribution >= 4 is 28.8 Å². The summed E-state index contributed by atoms with van der Waals surface area (Å²) in [6.07, 6.45) is 6.70. The normalized spacial score (nSPS) is 16.7. The Bertz CT molecular complexity index is 1560. The second-order valence-corrected chi connectivity index (χ2v) is 8.98. The summed E-state index contributed by atoms with van der Waals surface area (Å²) in [5, 5.41) is 10.8. The molecule has 0 aliphatic carbocycles. The van der Waals surface area contributed by atoms with Crippen LogP contribution in [0, 0.1) is 0 Å². The lowest BCUT2D eigenvalue weighted by molar-refractivity contribution is 0.0988. The van der Waals surface area contributed by atoms with E-state index in [1.807, 2.05) is 18.2 Å². The van der Waals surface area contributed by atoms with E-state index in [1.54, 1.807) is 38.2 Å². The number of ketones is 1. The molecule has 0 amide bonds. The highest BCUT2D eigenvalue weighted by atomic mass is 16.5. The Balaban J connectivity index is 1.34. The van der Waals surface area contributed by atoms with Crippen molar-refractivity contribution in [2.75, 3.05) is 37.8 Å². The SMILES string of the molecule is [2H]C([2H])([2H])N1CC[C@@H](Oc2cnc(Nc3cc(Nc4cccc(-c5ncn(C)n5)c4OC)c(C(=O)CC)cn3)cn2)C1. The van der Waals surface area contributed by atoms with Crippen LogP contribution < -0.4 is 20.1 Å². The van der Waals surface area contributed by atoms with Crippen LogP contribution in [0.4, 0.5) is 23.0 Å². The first-order valence-electron chi connectivity index (χ1n) is 14.0. The Hall–Kier alpha value is -4.58. The van der Waals surface area contributed by atoms with Gasteiger partial charge in [-0.1, -0.05) is 13.0 Å². The van der Waals surface area contributed by atoms with E-state index in [-0.39, 0.29) is 11.9 Å². The standard InChI is InChI=1S/C27H31N9O3/c1-5-22(37)19-12-28-23(33-24-13-30-25(14-29-24)39-17-9-10-35(2)15-17)11-21(19)32-20-8-6-7-18(26(20)38-4)27-31-16-36(3)34-27/h6-8,11-14,16-17H,5,9-10,15H2,1-4H3,(H2,28,29,32,33)/t17-/m1/s1/i2D3. The molecule has 1 aliphatic heterocycles. The third kappa shape index (κ3) is 5.96. The predicted molar refractivity (Wildman–Crippen MR) is 147 cm³/mol. The quantitative estimate of drug-likeness (QED) is 0.289. The molecular weight excluding hydrogens is 498 g/mol.